The van der Waals surface area contributed by atoms with Crippen molar-refractivity contribution in [1.29, 1.82) is 0 Å². The molecular formula is C22H20F4N4O5S. The molecule has 0 N–H and O–H groups in total. The number of carbonyl (C=O) groups is 1. The molecule has 0 aliphatic carbocycles. The number of sulfone groups is 1. The molecule has 1 aliphatic heterocycles. The fraction of sp³-hybridized carbons (Fsp3) is 0.318. The zero-order chi connectivity index (χ0) is 26.1. The number of rotatable bonds is 5. The molecule has 0 unspecified atom stereocenters. The molecule has 1 aromatic heterocycles. The highest BCUT2D eigenvalue weighted by Gasteiger charge is 2.38. The van der Waals surface area contributed by atoms with Crippen molar-refractivity contribution in [2.75, 3.05) is 36.6 Å². The number of methoxy groups -OCH3 is 1. The molecular weight excluding hydrogens is 508 g/mol. The maximum absolute atomic E-state index is 15.0. The number of alkyl halides is 3. The first-order valence-electron chi connectivity index (χ1n) is 10.6. The molecule has 14 heteroatoms. The topological polar surface area (TPSA) is 106 Å². The van der Waals surface area contributed by atoms with Crippen LogP contribution in [-0.2, 0) is 22.6 Å². The van der Waals surface area contributed by atoms with E-state index in [1.165, 1.54) is 29.0 Å². The highest BCUT2D eigenvalue weighted by atomic mass is 32.2. The van der Waals surface area contributed by atoms with E-state index in [2.05, 4.69) is 14.6 Å². The van der Waals surface area contributed by atoms with Crippen LogP contribution in [0, 0.1) is 5.82 Å². The van der Waals surface area contributed by atoms with Crippen LogP contribution in [0.2, 0.25) is 0 Å². The van der Waals surface area contributed by atoms with Gasteiger partial charge in [0.1, 0.15) is 11.6 Å². The number of halogens is 4. The number of urea groups is 1. The van der Waals surface area contributed by atoms with Crippen LogP contribution in [0.1, 0.15) is 11.5 Å². The van der Waals surface area contributed by atoms with Crippen molar-refractivity contribution in [3.63, 3.8) is 0 Å². The van der Waals surface area contributed by atoms with E-state index in [1.54, 1.807) is 24.3 Å². The minimum atomic E-state index is -4.84. The van der Waals surface area contributed by atoms with Crippen molar-refractivity contribution in [3.8, 4) is 17.2 Å². The second-order valence-corrected chi connectivity index (χ2v) is 10.2. The Morgan fingerprint density at radius 3 is 2.33 bits per heavy atom. The molecule has 2 heterocycles. The lowest BCUT2D eigenvalue weighted by Gasteiger charge is -2.33. The van der Waals surface area contributed by atoms with Crippen LogP contribution in [0.4, 0.5) is 28.0 Å². The Morgan fingerprint density at radius 2 is 1.78 bits per heavy atom. The van der Waals surface area contributed by atoms with Crippen LogP contribution in [-0.4, -0.2) is 61.3 Å². The van der Waals surface area contributed by atoms with Crippen molar-refractivity contribution in [1.82, 2.24) is 15.1 Å². The lowest BCUT2D eigenvalue weighted by molar-refractivity contribution is -0.156. The number of carbonyl (C=O) groups excluding carboxylic acids is 1. The maximum atomic E-state index is 15.0. The lowest BCUT2D eigenvalue weighted by atomic mass is 10.1. The van der Waals surface area contributed by atoms with Gasteiger partial charge in [-0.3, -0.25) is 4.90 Å². The Hall–Kier alpha value is -3.68. The third-order valence-corrected chi connectivity index (χ3v) is 7.14. The van der Waals surface area contributed by atoms with Gasteiger partial charge in [0.25, 0.3) is 0 Å². The molecule has 9 nitrogen and oxygen atoms in total. The van der Waals surface area contributed by atoms with E-state index in [9.17, 15) is 26.4 Å². The van der Waals surface area contributed by atoms with E-state index in [0.717, 1.165) is 6.07 Å². The van der Waals surface area contributed by atoms with Crippen molar-refractivity contribution in [2.24, 2.45) is 0 Å². The van der Waals surface area contributed by atoms with Gasteiger partial charge in [0.15, 0.2) is 9.84 Å². The summed E-state index contributed by atoms with van der Waals surface area (Å²) in [6.45, 7) is -0.250. The standard InChI is InChI=1S/C22H20F4N4O5S/c1-34-17-6-4-16(5-7-17)30(21(31)29-8-10-36(32,33)11-9-29)13-15-3-2-14(12-18(15)23)19-27-28-20(35-19)22(24,25)26/h2-7,12H,8-11,13H2,1H3. The van der Waals surface area contributed by atoms with Gasteiger partial charge >= 0.3 is 18.1 Å². The Labute approximate surface area is 203 Å². The number of ether oxygens (including phenoxy) is 1. The van der Waals surface area contributed by atoms with Gasteiger partial charge in [0.05, 0.1) is 25.2 Å². The Balaban J connectivity index is 1.61. The number of aromatic nitrogens is 2. The van der Waals surface area contributed by atoms with Crippen LogP contribution in [0.15, 0.2) is 46.9 Å². The summed E-state index contributed by atoms with van der Waals surface area (Å²) in [7, 11) is -1.76. The lowest BCUT2D eigenvalue weighted by Crippen LogP contribution is -2.49. The summed E-state index contributed by atoms with van der Waals surface area (Å²) in [5.41, 5.74) is 0.398. The molecule has 36 heavy (non-hydrogen) atoms. The molecule has 0 radical (unpaired) electrons. The summed E-state index contributed by atoms with van der Waals surface area (Å²) in [5.74, 6) is -2.70. The zero-order valence-corrected chi connectivity index (χ0v) is 19.6. The molecule has 2 aromatic carbocycles. The van der Waals surface area contributed by atoms with Crippen LogP contribution in [0.25, 0.3) is 11.5 Å². The second-order valence-electron chi connectivity index (χ2n) is 7.92. The van der Waals surface area contributed by atoms with Crippen molar-refractivity contribution in [3.05, 3.63) is 59.7 Å². The monoisotopic (exact) mass is 528 g/mol. The minimum Gasteiger partial charge on any atom is -0.497 e. The summed E-state index contributed by atoms with van der Waals surface area (Å²) < 4.78 is 86.5. The van der Waals surface area contributed by atoms with Crippen molar-refractivity contribution >= 4 is 21.6 Å². The molecule has 0 bridgehead atoms. The number of hydrogen-bond acceptors (Lipinski definition) is 7. The van der Waals surface area contributed by atoms with Gasteiger partial charge in [0, 0.05) is 29.9 Å². The minimum absolute atomic E-state index is 0.00601. The van der Waals surface area contributed by atoms with Gasteiger partial charge in [-0.15, -0.1) is 10.2 Å². The summed E-state index contributed by atoms with van der Waals surface area (Å²) in [6, 6.07) is 9.44. The number of hydrogen-bond donors (Lipinski definition) is 0. The maximum Gasteiger partial charge on any atom is 0.470 e. The predicted octanol–water partition coefficient (Wildman–Crippen LogP) is 3.76. The molecule has 2 amide bonds. The molecule has 1 fully saturated rings. The first-order chi connectivity index (χ1) is 17.0. The summed E-state index contributed by atoms with van der Waals surface area (Å²) in [6.07, 6.45) is -4.84. The van der Waals surface area contributed by atoms with Gasteiger partial charge in [-0.1, -0.05) is 6.07 Å². The smallest absolute Gasteiger partial charge is 0.470 e. The largest absolute Gasteiger partial charge is 0.497 e. The van der Waals surface area contributed by atoms with Gasteiger partial charge in [-0.2, -0.15) is 13.2 Å². The van der Waals surface area contributed by atoms with E-state index in [4.69, 9.17) is 4.74 Å². The number of amides is 2. The Bertz CT molecular complexity index is 1350. The molecule has 0 atom stereocenters. The molecule has 3 aromatic rings. The average molecular weight is 528 g/mol. The third kappa shape index (κ3) is 5.58. The van der Waals surface area contributed by atoms with E-state index >= 15 is 4.39 Å². The van der Waals surface area contributed by atoms with Crippen LogP contribution < -0.4 is 9.64 Å². The fourth-order valence-corrected chi connectivity index (χ4v) is 4.74. The predicted molar refractivity (Wildman–Crippen MR) is 119 cm³/mol. The van der Waals surface area contributed by atoms with Crippen molar-refractivity contribution in [2.45, 2.75) is 12.7 Å². The Kier molecular flexibility index (Phi) is 6.89. The number of nitrogens with zero attached hydrogens (tertiary/aromatic N) is 4. The fourth-order valence-electron chi connectivity index (χ4n) is 3.54. The summed E-state index contributed by atoms with van der Waals surface area (Å²) in [4.78, 5) is 16.0. The van der Waals surface area contributed by atoms with Crippen LogP contribution >= 0.6 is 0 Å². The van der Waals surface area contributed by atoms with E-state index in [1.807, 2.05) is 0 Å². The SMILES string of the molecule is COc1ccc(N(Cc2ccc(-c3nnc(C(F)(F)F)o3)cc2F)C(=O)N2CCS(=O)(=O)CC2)cc1. The third-order valence-electron chi connectivity index (χ3n) is 5.53. The molecule has 1 saturated heterocycles. The number of benzene rings is 2. The molecule has 0 spiro atoms. The highest BCUT2D eigenvalue weighted by molar-refractivity contribution is 7.91. The molecule has 4 rings (SSSR count). The van der Waals surface area contributed by atoms with Crippen molar-refractivity contribution < 1.29 is 39.9 Å². The molecule has 1 aliphatic rings. The zero-order valence-electron chi connectivity index (χ0n) is 18.8. The summed E-state index contributed by atoms with van der Waals surface area (Å²) in [5, 5.41) is 6.24. The van der Waals surface area contributed by atoms with E-state index < -0.39 is 39.6 Å². The molecule has 192 valence electrons. The van der Waals surface area contributed by atoms with E-state index in [0.29, 0.717) is 11.4 Å². The first-order valence-corrected chi connectivity index (χ1v) is 12.4. The number of anilines is 1. The Morgan fingerprint density at radius 1 is 1.11 bits per heavy atom. The molecule has 0 saturated carbocycles. The first kappa shape index (κ1) is 25.4. The van der Waals surface area contributed by atoms with E-state index in [-0.39, 0.29) is 42.3 Å². The van der Waals surface area contributed by atoms with Gasteiger partial charge < -0.3 is 14.1 Å². The van der Waals surface area contributed by atoms with Gasteiger partial charge in [0.2, 0.25) is 5.89 Å². The average Bonchev–Trinajstić information content (AvgIpc) is 3.34. The van der Waals surface area contributed by atoms with Gasteiger partial charge in [-0.05, 0) is 36.4 Å². The normalized spacial score (nSPS) is 15.5. The second kappa shape index (κ2) is 9.76. The summed E-state index contributed by atoms with van der Waals surface area (Å²) >= 11 is 0. The van der Waals surface area contributed by atoms with Gasteiger partial charge in [-0.25, -0.2) is 17.6 Å². The van der Waals surface area contributed by atoms with Crippen LogP contribution in [0.3, 0.4) is 0 Å². The highest BCUT2D eigenvalue weighted by Crippen LogP contribution is 2.31. The quantitative estimate of drug-likeness (QED) is 0.465. The van der Waals surface area contributed by atoms with Crippen LogP contribution in [0.5, 0.6) is 5.75 Å².